The Bertz CT molecular complexity index is 1190. The third-order valence-electron chi connectivity index (χ3n) is 6.37. The molecule has 1 aliphatic rings. The van der Waals surface area contributed by atoms with Crippen LogP contribution in [0.15, 0.2) is 42.5 Å². The average molecular weight is 456 g/mol. The Morgan fingerprint density at radius 3 is 2.38 bits per heavy atom. The Balaban J connectivity index is 1.77. The summed E-state index contributed by atoms with van der Waals surface area (Å²) in [4.78, 5) is 4.58. The molecule has 3 nitrogen and oxygen atoms in total. The minimum Gasteiger partial charge on any atom is -0.481 e. The lowest BCUT2D eigenvalue weighted by Gasteiger charge is -2.38. The van der Waals surface area contributed by atoms with Crippen LogP contribution in [0.25, 0.3) is 10.9 Å². The Morgan fingerprint density at radius 1 is 1.19 bits per heavy atom. The zero-order chi connectivity index (χ0) is 23.1. The summed E-state index contributed by atoms with van der Waals surface area (Å²) in [6, 6.07) is 11.5. The van der Waals surface area contributed by atoms with Crippen molar-refractivity contribution in [3.63, 3.8) is 0 Å². The highest BCUT2D eigenvalue weighted by Crippen LogP contribution is 2.44. The van der Waals surface area contributed by atoms with Gasteiger partial charge in [-0.05, 0) is 36.1 Å². The van der Waals surface area contributed by atoms with Gasteiger partial charge in [0.1, 0.15) is 0 Å². The fraction of sp³-hybridized carbons (Fsp3) is 0.346. The Kier molecular flexibility index (Phi) is 5.87. The highest BCUT2D eigenvalue weighted by Gasteiger charge is 2.40. The molecule has 0 amide bonds. The second-order valence-corrected chi connectivity index (χ2v) is 8.82. The fourth-order valence-electron chi connectivity index (χ4n) is 4.18. The van der Waals surface area contributed by atoms with Crippen molar-refractivity contribution in [2.24, 2.45) is 5.92 Å². The van der Waals surface area contributed by atoms with Crippen molar-refractivity contribution in [3.8, 4) is 18.2 Å². The number of ether oxygens (including phenoxy) is 1. The van der Waals surface area contributed by atoms with Gasteiger partial charge in [-0.15, -0.1) is 6.42 Å². The molecule has 1 unspecified atom stereocenters. The molecule has 1 aliphatic carbocycles. The van der Waals surface area contributed by atoms with Gasteiger partial charge in [-0.25, -0.2) is 13.8 Å². The SMILES string of the molecule is C#CC(O)(c1ccc2nc(OC)c(Cc3ccc(C(C)(F)F)cc3)c(Cl)c2c1)C1CCC1. The lowest BCUT2D eigenvalue weighted by Crippen LogP contribution is -2.37. The van der Waals surface area contributed by atoms with Gasteiger partial charge in [0.05, 0.1) is 17.6 Å². The average Bonchev–Trinajstić information content (AvgIpc) is 2.73. The minimum atomic E-state index is -2.90. The summed E-state index contributed by atoms with van der Waals surface area (Å²) in [7, 11) is 1.51. The van der Waals surface area contributed by atoms with E-state index in [1.165, 1.54) is 19.2 Å². The van der Waals surface area contributed by atoms with Crippen molar-refractivity contribution in [2.75, 3.05) is 7.11 Å². The van der Waals surface area contributed by atoms with Gasteiger partial charge in [0, 0.05) is 35.8 Å². The van der Waals surface area contributed by atoms with Gasteiger partial charge in [-0.2, -0.15) is 0 Å². The molecule has 1 heterocycles. The second kappa shape index (κ2) is 8.35. The molecule has 0 radical (unpaired) electrons. The first-order chi connectivity index (χ1) is 15.2. The van der Waals surface area contributed by atoms with E-state index in [0.29, 0.717) is 39.4 Å². The number of hydrogen-bond donors (Lipinski definition) is 1. The molecule has 0 saturated heterocycles. The van der Waals surface area contributed by atoms with Crippen molar-refractivity contribution < 1.29 is 18.6 Å². The molecule has 1 atom stereocenters. The van der Waals surface area contributed by atoms with E-state index in [9.17, 15) is 13.9 Å². The summed E-state index contributed by atoms with van der Waals surface area (Å²) in [6.45, 7) is 0.869. The van der Waals surface area contributed by atoms with Gasteiger partial charge < -0.3 is 9.84 Å². The lowest BCUT2D eigenvalue weighted by atomic mass is 9.70. The van der Waals surface area contributed by atoms with Gasteiger partial charge in [0.2, 0.25) is 5.88 Å². The van der Waals surface area contributed by atoms with Crippen LogP contribution in [0.5, 0.6) is 5.88 Å². The number of halogens is 3. The van der Waals surface area contributed by atoms with E-state index >= 15 is 0 Å². The van der Waals surface area contributed by atoms with E-state index in [-0.39, 0.29) is 11.5 Å². The molecule has 1 saturated carbocycles. The van der Waals surface area contributed by atoms with Crippen LogP contribution in [-0.4, -0.2) is 17.2 Å². The van der Waals surface area contributed by atoms with Crippen LogP contribution < -0.4 is 4.74 Å². The second-order valence-electron chi connectivity index (χ2n) is 8.45. The largest absolute Gasteiger partial charge is 0.481 e. The predicted octanol–water partition coefficient (Wildman–Crippen LogP) is 6.22. The summed E-state index contributed by atoms with van der Waals surface area (Å²) in [5.74, 6) is 0.0667. The number of aliphatic hydroxyl groups is 1. The van der Waals surface area contributed by atoms with Crippen LogP contribution >= 0.6 is 11.6 Å². The summed E-state index contributed by atoms with van der Waals surface area (Å²) < 4.78 is 32.5. The van der Waals surface area contributed by atoms with Crippen molar-refractivity contribution in [1.82, 2.24) is 4.98 Å². The molecule has 6 heteroatoms. The number of hydrogen-bond acceptors (Lipinski definition) is 3. The normalized spacial score (nSPS) is 16.3. The van der Waals surface area contributed by atoms with Crippen molar-refractivity contribution >= 4 is 22.5 Å². The number of benzene rings is 2. The molecule has 2 aromatic carbocycles. The van der Waals surface area contributed by atoms with Crippen LogP contribution in [0.4, 0.5) is 8.78 Å². The van der Waals surface area contributed by atoms with Gasteiger partial charge in [-0.3, -0.25) is 0 Å². The molecule has 0 aliphatic heterocycles. The Labute approximate surface area is 191 Å². The Morgan fingerprint density at radius 2 is 1.84 bits per heavy atom. The van der Waals surface area contributed by atoms with E-state index in [0.717, 1.165) is 31.7 Å². The summed E-state index contributed by atoms with van der Waals surface area (Å²) in [5, 5.41) is 12.3. The van der Waals surface area contributed by atoms with Crippen molar-refractivity contribution in [1.29, 1.82) is 0 Å². The third-order valence-corrected chi connectivity index (χ3v) is 6.80. The predicted molar refractivity (Wildman–Crippen MR) is 122 cm³/mol. The topological polar surface area (TPSA) is 42.4 Å². The fourth-order valence-corrected chi connectivity index (χ4v) is 4.48. The highest BCUT2D eigenvalue weighted by molar-refractivity contribution is 6.36. The van der Waals surface area contributed by atoms with E-state index in [1.54, 1.807) is 30.3 Å². The summed E-state index contributed by atoms with van der Waals surface area (Å²) in [6.07, 6.45) is 8.89. The molecule has 0 spiro atoms. The maximum atomic E-state index is 13.5. The number of pyridine rings is 1. The zero-order valence-electron chi connectivity index (χ0n) is 18.0. The molecular formula is C26H24ClF2NO2. The molecule has 3 aromatic rings. The zero-order valence-corrected chi connectivity index (χ0v) is 18.7. The number of fused-ring (bicyclic) bond motifs is 1. The van der Waals surface area contributed by atoms with Gasteiger partial charge >= 0.3 is 0 Å². The van der Waals surface area contributed by atoms with Crippen molar-refractivity contribution in [3.05, 3.63) is 69.7 Å². The maximum absolute atomic E-state index is 13.5. The van der Waals surface area contributed by atoms with E-state index in [4.69, 9.17) is 22.8 Å². The first kappa shape index (κ1) is 22.5. The molecule has 32 heavy (non-hydrogen) atoms. The van der Waals surface area contributed by atoms with Crippen LogP contribution in [0, 0.1) is 18.3 Å². The minimum absolute atomic E-state index is 0.0182. The number of nitrogens with zero attached hydrogens (tertiary/aromatic N) is 1. The maximum Gasteiger partial charge on any atom is 0.270 e. The van der Waals surface area contributed by atoms with E-state index in [1.807, 2.05) is 0 Å². The number of alkyl halides is 2. The smallest absolute Gasteiger partial charge is 0.270 e. The van der Waals surface area contributed by atoms with Crippen molar-refractivity contribution in [2.45, 2.75) is 44.1 Å². The van der Waals surface area contributed by atoms with Crippen LogP contribution in [0.1, 0.15) is 48.4 Å². The Hall–Kier alpha value is -2.68. The first-order valence-electron chi connectivity index (χ1n) is 10.5. The van der Waals surface area contributed by atoms with Gasteiger partial charge in [-0.1, -0.05) is 54.3 Å². The molecule has 1 N–H and O–H groups in total. The quantitative estimate of drug-likeness (QED) is 0.448. The lowest BCUT2D eigenvalue weighted by molar-refractivity contribution is -0.00383. The molecule has 1 aromatic heterocycles. The highest BCUT2D eigenvalue weighted by atomic mass is 35.5. The molecule has 0 bridgehead atoms. The summed E-state index contributed by atoms with van der Waals surface area (Å²) >= 11 is 6.80. The number of terminal acetylenes is 1. The van der Waals surface area contributed by atoms with Crippen LogP contribution in [-0.2, 0) is 17.9 Å². The van der Waals surface area contributed by atoms with Crippen LogP contribution in [0.2, 0.25) is 5.02 Å². The molecule has 4 rings (SSSR count). The molecular weight excluding hydrogens is 432 g/mol. The van der Waals surface area contributed by atoms with Crippen LogP contribution in [0.3, 0.4) is 0 Å². The van der Waals surface area contributed by atoms with Gasteiger partial charge in [0.25, 0.3) is 5.92 Å². The van der Waals surface area contributed by atoms with E-state index in [2.05, 4.69) is 10.9 Å². The molecule has 1 fully saturated rings. The number of aromatic nitrogens is 1. The first-order valence-corrected chi connectivity index (χ1v) is 10.9. The van der Waals surface area contributed by atoms with Gasteiger partial charge in [0.15, 0.2) is 5.60 Å². The molecule has 166 valence electrons. The third kappa shape index (κ3) is 3.94. The standard InChI is InChI=1S/C26H24ClF2NO2/c1-4-26(31,18-6-5-7-18)19-12-13-22-20(15-19)23(27)21(24(30-22)32-3)14-16-8-10-17(11-9-16)25(2,28)29/h1,8-13,15,18,31H,5-7,14H2,2-3H3. The monoisotopic (exact) mass is 455 g/mol. The number of rotatable bonds is 6. The summed E-state index contributed by atoms with van der Waals surface area (Å²) in [5.41, 5.74) is 1.27. The van der Waals surface area contributed by atoms with E-state index < -0.39 is 11.5 Å². The number of methoxy groups -OCH3 is 1.